The van der Waals surface area contributed by atoms with Crippen LogP contribution in [0, 0.1) is 16.7 Å². The van der Waals surface area contributed by atoms with Gasteiger partial charge in [0.05, 0.1) is 0 Å². The topological polar surface area (TPSA) is 0 Å². The highest BCUT2D eigenvalue weighted by atomic mass is 14.6. The first-order chi connectivity index (χ1) is 11.3. The van der Waals surface area contributed by atoms with E-state index in [1.54, 1.807) is 12.8 Å². The van der Waals surface area contributed by atoms with E-state index >= 15 is 0 Å². The van der Waals surface area contributed by atoms with Crippen molar-refractivity contribution >= 4 is 6.71 Å². The molecule has 2 rings (SSSR count). The monoisotopic (exact) mass is 332 g/mol. The second kappa shape index (κ2) is 8.17. The Morgan fingerprint density at radius 1 is 0.792 bits per heavy atom. The third kappa shape index (κ3) is 4.07. The Morgan fingerprint density at radius 3 is 1.75 bits per heavy atom. The van der Waals surface area contributed by atoms with Gasteiger partial charge in [0, 0.05) is 0 Å². The molecule has 0 amide bonds. The summed E-state index contributed by atoms with van der Waals surface area (Å²) in [5, 5.41) is 0.503. The first-order valence-corrected chi connectivity index (χ1v) is 11.3. The lowest BCUT2D eigenvalue weighted by Gasteiger charge is -2.40. The molecule has 2 unspecified atom stereocenters. The molecule has 2 fully saturated rings. The van der Waals surface area contributed by atoms with Crippen LogP contribution in [0.2, 0.25) is 18.0 Å². The SMILES string of the molecule is CCCCCCCCC1CC2(CC)CB(C(C)(C)C)CC2(CC)C1. The normalized spacial score (nSPS) is 33.2. The number of hydrogen-bond donors (Lipinski definition) is 0. The zero-order valence-corrected chi connectivity index (χ0v) is 17.8. The minimum Gasteiger partial charge on any atom is -0.0675 e. The van der Waals surface area contributed by atoms with E-state index in [9.17, 15) is 0 Å². The average molecular weight is 332 g/mol. The Bertz CT molecular complexity index is 360. The van der Waals surface area contributed by atoms with E-state index < -0.39 is 0 Å². The van der Waals surface area contributed by atoms with Crippen LogP contribution in [0.25, 0.3) is 0 Å². The smallest absolute Gasteiger partial charge is 0.0675 e. The fourth-order valence-electron chi connectivity index (χ4n) is 6.58. The van der Waals surface area contributed by atoms with Crippen molar-refractivity contribution in [1.29, 1.82) is 0 Å². The highest BCUT2D eigenvalue weighted by Crippen LogP contribution is 2.70. The molecule has 0 nitrogen and oxygen atoms in total. The summed E-state index contributed by atoms with van der Waals surface area (Å²) < 4.78 is 0. The molecular weight excluding hydrogens is 287 g/mol. The maximum atomic E-state index is 2.50. The Hall–Kier alpha value is 0.0649. The zero-order valence-electron chi connectivity index (χ0n) is 17.8. The van der Waals surface area contributed by atoms with E-state index in [1.807, 2.05) is 0 Å². The molecular formula is C23H45B. The van der Waals surface area contributed by atoms with Gasteiger partial charge < -0.3 is 0 Å². The van der Waals surface area contributed by atoms with Crippen molar-refractivity contribution in [3.05, 3.63) is 0 Å². The molecule has 2 aliphatic rings. The summed E-state index contributed by atoms with van der Waals surface area (Å²) in [5.41, 5.74) is 1.37. The van der Waals surface area contributed by atoms with Crippen LogP contribution < -0.4 is 0 Å². The van der Waals surface area contributed by atoms with Gasteiger partial charge in [0.1, 0.15) is 6.71 Å². The van der Waals surface area contributed by atoms with E-state index in [2.05, 4.69) is 41.5 Å². The fourth-order valence-corrected chi connectivity index (χ4v) is 6.58. The fraction of sp³-hybridized carbons (Fsp3) is 1.00. The summed E-state index contributed by atoms with van der Waals surface area (Å²) >= 11 is 0. The second-order valence-electron chi connectivity index (χ2n) is 10.6. The molecule has 24 heavy (non-hydrogen) atoms. The van der Waals surface area contributed by atoms with E-state index in [-0.39, 0.29) is 0 Å². The van der Waals surface area contributed by atoms with Crippen molar-refractivity contribution in [2.24, 2.45) is 16.7 Å². The van der Waals surface area contributed by atoms with Crippen LogP contribution in [0.3, 0.4) is 0 Å². The van der Waals surface area contributed by atoms with Gasteiger partial charge in [-0.3, -0.25) is 0 Å². The highest BCUT2D eigenvalue weighted by Gasteiger charge is 2.62. The van der Waals surface area contributed by atoms with Gasteiger partial charge >= 0.3 is 0 Å². The third-order valence-electron chi connectivity index (χ3n) is 8.30. The van der Waals surface area contributed by atoms with Gasteiger partial charge in [-0.15, -0.1) is 0 Å². The summed E-state index contributed by atoms with van der Waals surface area (Å²) in [6.45, 7) is 15.7. The van der Waals surface area contributed by atoms with Gasteiger partial charge in [-0.25, -0.2) is 0 Å². The van der Waals surface area contributed by atoms with Gasteiger partial charge in [-0.2, -0.15) is 0 Å². The summed E-state index contributed by atoms with van der Waals surface area (Å²) in [4.78, 5) is 0. The minimum atomic E-state index is 0.503. The molecule has 1 aliphatic carbocycles. The summed E-state index contributed by atoms with van der Waals surface area (Å²) in [5.74, 6) is 1.04. The molecule has 0 N–H and O–H groups in total. The molecule has 1 saturated carbocycles. The first kappa shape index (κ1) is 20.4. The number of fused-ring (bicyclic) bond motifs is 1. The molecule has 2 atom stereocenters. The predicted octanol–water partition coefficient (Wildman–Crippen LogP) is 8.25. The molecule has 1 saturated heterocycles. The molecule has 0 aromatic carbocycles. The largest absolute Gasteiger partial charge is 0.146 e. The van der Waals surface area contributed by atoms with Crippen LogP contribution in [0.4, 0.5) is 0 Å². The first-order valence-electron chi connectivity index (χ1n) is 11.3. The lowest BCUT2D eigenvalue weighted by molar-refractivity contribution is 0.119. The average Bonchev–Trinajstić information content (AvgIpc) is 3.00. The van der Waals surface area contributed by atoms with Crippen LogP contribution in [0.1, 0.15) is 112 Å². The van der Waals surface area contributed by atoms with Crippen LogP contribution in [-0.4, -0.2) is 6.71 Å². The lowest BCUT2D eigenvalue weighted by atomic mass is 9.32. The van der Waals surface area contributed by atoms with E-state index in [0.717, 1.165) is 12.6 Å². The number of rotatable bonds is 9. The van der Waals surface area contributed by atoms with Crippen molar-refractivity contribution in [3.63, 3.8) is 0 Å². The molecule has 0 aromatic heterocycles. The quantitative estimate of drug-likeness (QED) is 0.294. The molecule has 0 spiro atoms. The molecule has 0 radical (unpaired) electrons. The zero-order chi connectivity index (χ0) is 17.8. The molecule has 1 heteroatoms. The van der Waals surface area contributed by atoms with Gasteiger partial charge in [0.15, 0.2) is 0 Å². The Kier molecular flexibility index (Phi) is 6.94. The van der Waals surface area contributed by atoms with Crippen LogP contribution in [0.5, 0.6) is 0 Å². The van der Waals surface area contributed by atoms with E-state index in [0.29, 0.717) is 16.1 Å². The summed E-state index contributed by atoms with van der Waals surface area (Å²) in [7, 11) is 0. The maximum Gasteiger partial charge on any atom is 0.146 e. The van der Waals surface area contributed by atoms with Gasteiger partial charge in [0.2, 0.25) is 0 Å². The van der Waals surface area contributed by atoms with Crippen molar-refractivity contribution < 1.29 is 0 Å². The van der Waals surface area contributed by atoms with Gasteiger partial charge in [-0.1, -0.05) is 117 Å². The molecule has 1 heterocycles. The van der Waals surface area contributed by atoms with Gasteiger partial charge in [-0.05, 0) is 29.6 Å². The predicted molar refractivity (Wildman–Crippen MR) is 111 cm³/mol. The lowest BCUT2D eigenvalue weighted by Crippen LogP contribution is -2.30. The Balaban J connectivity index is 1.92. The Morgan fingerprint density at radius 2 is 1.29 bits per heavy atom. The Labute approximate surface area is 154 Å². The second-order valence-corrected chi connectivity index (χ2v) is 10.6. The number of unbranched alkanes of at least 4 members (excludes halogenated alkanes) is 5. The van der Waals surface area contributed by atoms with Crippen molar-refractivity contribution in [2.75, 3.05) is 0 Å². The highest BCUT2D eigenvalue weighted by molar-refractivity contribution is 6.63. The van der Waals surface area contributed by atoms with E-state index in [1.165, 1.54) is 70.4 Å². The molecule has 140 valence electrons. The standard InChI is InChI=1S/C23H45B/c1-7-10-11-12-13-14-15-20-16-22(8-2)18-24(21(4,5)6)19-23(22,9-3)17-20/h20H,7-19H2,1-6H3. The van der Waals surface area contributed by atoms with Crippen molar-refractivity contribution in [1.82, 2.24) is 0 Å². The summed E-state index contributed by atoms with van der Waals surface area (Å²) in [6, 6.07) is 0. The minimum absolute atomic E-state index is 0.503. The molecule has 0 aromatic rings. The molecule has 0 bridgehead atoms. The van der Waals surface area contributed by atoms with Gasteiger partial charge in [0.25, 0.3) is 0 Å². The number of hydrogen-bond acceptors (Lipinski definition) is 0. The van der Waals surface area contributed by atoms with Crippen LogP contribution in [0.15, 0.2) is 0 Å². The van der Waals surface area contributed by atoms with Crippen LogP contribution in [-0.2, 0) is 0 Å². The van der Waals surface area contributed by atoms with Crippen LogP contribution >= 0.6 is 0 Å². The van der Waals surface area contributed by atoms with Crippen molar-refractivity contribution in [2.45, 2.75) is 130 Å². The van der Waals surface area contributed by atoms with E-state index in [4.69, 9.17) is 0 Å². The maximum absolute atomic E-state index is 2.50. The molecule has 1 aliphatic heterocycles. The third-order valence-corrected chi connectivity index (χ3v) is 8.30. The van der Waals surface area contributed by atoms with Crippen molar-refractivity contribution in [3.8, 4) is 0 Å². The summed E-state index contributed by atoms with van der Waals surface area (Å²) in [6.07, 6.45) is 19.3.